The average molecular weight is 205 g/mol. The van der Waals surface area contributed by atoms with E-state index in [1.54, 1.807) is 0 Å². The summed E-state index contributed by atoms with van der Waals surface area (Å²) in [5.41, 5.74) is 0. The van der Waals surface area contributed by atoms with E-state index >= 15 is 0 Å². The Hall–Kier alpha value is -0.120. The highest BCUT2D eigenvalue weighted by Crippen LogP contribution is 1.95. The lowest BCUT2D eigenvalue weighted by Crippen LogP contribution is -2.21. The number of hydrogen-bond donors (Lipinski definition) is 2. The molecule has 0 aromatic rings. The van der Waals surface area contributed by atoms with Gasteiger partial charge in [-0.05, 0) is 45.8 Å². The minimum absolute atomic E-state index is 0.296. The molecule has 0 aliphatic heterocycles. The van der Waals surface area contributed by atoms with Gasteiger partial charge in [-0.3, -0.25) is 0 Å². The van der Waals surface area contributed by atoms with Crippen molar-refractivity contribution in [3.05, 3.63) is 0 Å². The Balaban J connectivity index is 0. The van der Waals surface area contributed by atoms with Gasteiger partial charge in [0, 0.05) is 13.2 Å². The van der Waals surface area contributed by atoms with E-state index in [0.29, 0.717) is 13.2 Å². The fourth-order valence-electron chi connectivity index (χ4n) is 1.10. The lowest BCUT2D eigenvalue weighted by atomic mass is 10.2. The molecule has 0 spiro atoms. The van der Waals surface area contributed by atoms with Crippen molar-refractivity contribution in [1.82, 2.24) is 4.90 Å². The molecule has 14 heavy (non-hydrogen) atoms. The predicted molar refractivity (Wildman–Crippen MR) is 61.5 cm³/mol. The number of aliphatic hydroxyl groups excluding tert-OH is 2. The first kappa shape index (κ1) is 16.3. The van der Waals surface area contributed by atoms with E-state index in [1.165, 1.54) is 0 Å². The molecule has 2 N–H and O–H groups in total. The Labute approximate surface area is 88.7 Å². The minimum atomic E-state index is 0.296. The first-order chi connectivity index (χ1) is 6.81. The van der Waals surface area contributed by atoms with Gasteiger partial charge in [0.1, 0.15) is 0 Å². The van der Waals surface area contributed by atoms with Crippen LogP contribution in [0.3, 0.4) is 0 Å². The van der Waals surface area contributed by atoms with Crippen LogP contribution in [0.25, 0.3) is 0 Å². The molecule has 0 aliphatic rings. The van der Waals surface area contributed by atoms with Crippen LogP contribution in [0.5, 0.6) is 0 Å². The van der Waals surface area contributed by atoms with E-state index in [-0.39, 0.29) is 0 Å². The van der Waals surface area contributed by atoms with Gasteiger partial charge in [0.25, 0.3) is 0 Å². The second-order valence-electron chi connectivity index (χ2n) is 3.16. The summed E-state index contributed by atoms with van der Waals surface area (Å²) in [5, 5.41) is 17.1. The molecule has 0 saturated heterocycles. The number of aliphatic hydroxyl groups is 2. The van der Waals surface area contributed by atoms with E-state index in [9.17, 15) is 0 Å². The van der Waals surface area contributed by atoms with Crippen molar-refractivity contribution in [1.29, 1.82) is 0 Å². The van der Waals surface area contributed by atoms with Gasteiger partial charge in [0.15, 0.2) is 0 Å². The summed E-state index contributed by atoms with van der Waals surface area (Å²) in [6.07, 6.45) is 3.91. The Morgan fingerprint density at radius 3 is 1.43 bits per heavy atom. The smallest absolute Gasteiger partial charge is 0.0431 e. The summed E-state index contributed by atoms with van der Waals surface area (Å²) in [4.78, 5) is 2.24. The van der Waals surface area contributed by atoms with Crippen LogP contribution in [0.4, 0.5) is 0 Å². The lowest BCUT2D eigenvalue weighted by molar-refractivity contribution is 0.249. The molecule has 0 saturated carbocycles. The summed E-state index contributed by atoms with van der Waals surface area (Å²) >= 11 is 0. The zero-order valence-corrected chi connectivity index (χ0v) is 10.00. The highest BCUT2D eigenvalue weighted by Gasteiger charge is 1.96. The van der Waals surface area contributed by atoms with Gasteiger partial charge in [-0.1, -0.05) is 13.8 Å². The molecule has 3 nitrogen and oxygen atoms in total. The van der Waals surface area contributed by atoms with Gasteiger partial charge in [0.05, 0.1) is 0 Å². The summed E-state index contributed by atoms with van der Waals surface area (Å²) in [5.74, 6) is 0. The van der Waals surface area contributed by atoms with Crippen molar-refractivity contribution < 1.29 is 10.2 Å². The third kappa shape index (κ3) is 14.4. The SMILES string of the molecule is CC.CN(CCCCO)CCCCO. The summed E-state index contributed by atoms with van der Waals surface area (Å²) in [7, 11) is 2.08. The second-order valence-corrected chi connectivity index (χ2v) is 3.16. The molecule has 0 fully saturated rings. The Bertz CT molecular complexity index is 79.4. The topological polar surface area (TPSA) is 43.7 Å². The van der Waals surface area contributed by atoms with Crippen LogP contribution in [-0.4, -0.2) is 48.5 Å². The maximum atomic E-state index is 8.54. The second kappa shape index (κ2) is 15.4. The predicted octanol–water partition coefficient (Wildman–Crippen LogP) is 1.49. The van der Waals surface area contributed by atoms with Gasteiger partial charge in [-0.15, -0.1) is 0 Å². The Kier molecular flexibility index (Phi) is 17.9. The average Bonchev–Trinajstić information content (AvgIpc) is 2.22. The van der Waals surface area contributed by atoms with Crippen LogP contribution in [0, 0.1) is 0 Å². The number of unbranched alkanes of at least 4 members (excludes halogenated alkanes) is 2. The van der Waals surface area contributed by atoms with Crippen LogP contribution in [0.1, 0.15) is 39.5 Å². The van der Waals surface area contributed by atoms with Crippen molar-refractivity contribution in [3.8, 4) is 0 Å². The zero-order valence-electron chi connectivity index (χ0n) is 10.00. The molecule has 0 heterocycles. The number of rotatable bonds is 8. The van der Waals surface area contributed by atoms with Crippen LogP contribution < -0.4 is 0 Å². The van der Waals surface area contributed by atoms with Crippen molar-refractivity contribution in [3.63, 3.8) is 0 Å². The fourth-order valence-corrected chi connectivity index (χ4v) is 1.10. The molecular weight excluding hydrogens is 178 g/mol. The number of hydrogen-bond acceptors (Lipinski definition) is 3. The largest absolute Gasteiger partial charge is 0.396 e. The fraction of sp³-hybridized carbons (Fsp3) is 1.00. The van der Waals surface area contributed by atoms with Crippen LogP contribution in [0.15, 0.2) is 0 Å². The third-order valence-corrected chi connectivity index (χ3v) is 1.90. The molecular formula is C11H27NO2. The molecule has 0 amide bonds. The van der Waals surface area contributed by atoms with Crippen molar-refractivity contribution in [2.24, 2.45) is 0 Å². The molecule has 0 bridgehead atoms. The van der Waals surface area contributed by atoms with Crippen molar-refractivity contribution in [2.45, 2.75) is 39.5 Å². The minimum Gasteiger partial charge on any atom is -0.396 e. The molecule has 88 valence electrons. The van der Waals surface area contributed by atoms with Crippen LogP contribution in [0.2, 0.25) is 0 Å². The molecule has 0 radical (unpaired) electrons. The molecule has 0 rings (SSSR count). The molecule has 0 atom stereocenters. The molecule has 0 aromatic heterocycles. The lowest BCUT2D eigenvalue weighted by Gasteiger charge is -2.15. The van der Waals surface area contributed by atoms with Gasteiger partial charge < -0.3 is 15.1 Å². The highest BCUT2D eigenvalue weighted by atomic mass is 16.3. The first-order valence-electron chi connectivity index (χ1n) is 5.71. The molecule has 0 unspecified atom stereocenters. The van der Waals surface area contributed by atoms with Gasteiger partial charge in [0.2, 0.25) is 0 Å². The monoisotopic (exact) mass is 205 g/mol. The maximum Gasteiger partial charge on any atom is 0.0431 e. The van der Waals surface area contributed by atoms with Gasteiger partial charge in [-0.2, -0.15) is 0 Å². The van der Waals surface area contributed by atoms with Crippen molar-refractivity contribution in [2.75, 3.05) is 33.4 Å². The standard InChI is InChI=1S/C9H21NO2.C2H6/c1-10(6-2-4-8-11)7-3-5-9-12;1-2/h11-12H,2-9H2,1H3;1-2H3. The normalized spacial score (nSPS) is 9.86. The molecule has 0 aliphatic carbocycles. The summed E-state index contributed by atoms with van der Waals surface area (Å²) < 4.78 is 0. The van der Waals surface area contributed by atoms with Crippen molar-refractivity contribution >= 4 is 0 Å². The maximum absolute atomic E-state index is 8.54. The van der Waals surface area contributed by atoms with Crippen LogP contribution >= 0.6 is 0 Å². The van der Waals surface area contributed by atoms with E-state index in [2.05, 4.69) is 11.9 Å². The third-order valence-electron chi connectivity index (χ3n) is 1.90. The van der Waals surface area contributed by atoms with Gasteiger partial charge >= 0.3 is 0 Å². The van der Waals surface area contributed by atoms with E-state index < -0.39 is 0 Å². The summed E-state index contributed by atoms with van der Waals surface area (Å²) in [6.45, 7) is 6.69. The zero-order chi connectivity index (χ0) is 11.2. The van der Waals surface area contributed by atoms with E-state index in [4.69, 9.17) is 10.2 Å². The van der Waals surface area contributed by atoms with Gasteiger partial charge in [-0.25, -0.2) is 0 Å². The quantitative estimate of drug-likeness (QED) is 0.590. The molecule has 0 aromatic carbocycles. The highest BCUT2D eigenvalue weighted by molar-refractivity contribution is 4.51. The van der Waals surface area contributed by atoms with E-state index in [0.717, 1.165) is 38.8 Å². The number of nitrogens with zero attached hydrogens (tertiary/aromatic N) is 1. The Morgan fingerprint density at radius 2 is 1.14 bits per heavy atom. The van der Waals surface area contributed by atoms with Crippen LogP contribution in [-0.2, 0) is 0 Å². The molecule has 3 heteroatoms. The Morgan fingerprint density at radius 1 is 0.786 bits per heavy atom. The summed E-state index contributed by atoms with van der Waals surface area (Å²) in [6, 6.07) is 0. The van der Waals surface area contributed by atoms with E-state index in [1.807, 2.05) is 13.8 Å². The first-order valence-corrected chi connectivity index (χ1v) is 5.71.